The molecule has 0 aliphatic heterocycles. The smallest absolute Gasteiger partial charge is 0.265 e. The molecule has 0 bridgehead atoms. The Hall–Kier alpha value is -1.61. The lowest BCUT2D eigenvalue weighted by Crippen LogP contribution is -2.12. The highest BCUT2D eigenvalue weighted by atomic mass is 32.1. The zero-order chi connectivity index (χ0) is 14.0. The third-order valence-electron chi connectivity index (χ3n) is 3.22. The number of benzene rings is 1. The molecule has 0 saturated heterocycles. The summed E-state index contributed by atoms with van der Waals surface area (Å²) < 4.78 is 0. The van der Waals surface area contributed by atoms with Crippen molar-refractivity contribution in [2.45, 2.75) is 33.6 Å². The molecule has 2 rings (SSSR count). The van der Waals surface area contributed by atoms with Gasteiger partial charge in [-0.15, -0.1) is 11.3 Å². The number of nitrogens with one attached hydrogen (secondary N) is 1. The average Bonchev–Trinajstić information content (AvgIpc) is 2.70. The number of anilines is 1. The summed E-state index contributed by atoms with van der Waals surface area (Å²) in [5.74, 6) is 0.373. The summed E-state index contributed by atoms with van der Waals surface area (Å²) in [6.45, 7) is 8.33. The normalized spacial score (nSPS) is 10.8. The summed E-state index contributed by atoms with van der Waals surface area (Å²) in [6, 6.07) is 9.93. The lowest BCUT2D eigenvalue weighted by Gasteiger charge is -2.12. The molecule has 0 spiro atoms. The van der Waals surface area contributed by atoms with E-state index in [0.29, 0.717) is 5.92 Å². The molecule has 0 aliphatic carbocycles. The van der Waals surface area contributed by atoms with Crippen LogP contribution >= 0.6 is 11.3 Å². The van der Waals surface area contributed by atoms with Crippen LogP contribution in [0.3, 0.4) is 0 Å². The predicted octanol–water partition coefficient (Wildman–Crippen LogP) is 4.74. The number of rotatable bonds is 3. The van der Waals surface area contributed by atoms with Gasteiger partial charge in [0.2, 0.25) is 0 Å². The van der Waals surface area contributed by atoms with Gasteiger partial charge in [0.05, 0.1) is 4.88 Å². The van der Waals surface area contributed by atoms with E-state index in [1.165, 1.54) is 16.0 Å². The maximum Gasteiger partial charge on any atom is 0.265 e. The van der Waals surface area contributed by atoms with Crippen molar-refractivity contribution >= 4 is 22.9 Å². The quantitative estimate of drug-likeness (QED) is 0.859. The topological polar surface area (TPSA) is 29.1 Å². The maximum absolute atomic E-state index is 12.3. The van der Waals surface area contributed by atoms with Gasteiger partial charge in [-0.05, 0) is 43.0 Å². The lowest BCUT2D eigenvalue weighted by atomic mass is 10.0. The van der Waals surface area contributed by atoms with E-state index < -0.39 is 0 Å². The van der Waals surface area contributed by atoms with Gasteiger partial charge < -0.3 is 5.32 Å². The molecule has 0 fully saturated rings. The molecule has 1 N–H and O–H groups in total. The van der Waals surface area contributed by atoms with Crippen LogP contribution in [0.5, 0.6) is 0 Å². The van der Waals surface area contributed by atoms with Crippen molar-refractivity contribution in [3.63, 3.8) is 0 Å². The van der Waals surface area contributed by atoms with Gasteiger partial charge in [-0.1, -0.05) is 32.0 Å². The number of carbonyl (C=O) groups excluding carboxylic acids is 1. The summed E-state index contributed by atoms with van der Waals surface area (Å²) in [5.41, 5.74) is 3.25. The standard InChI is InChI=1S/C16H19NOS/c1-10(2)13-7-5-6-8-14(13)17-16(18)15-9-11(3)12(4)19-15/h5-10H,1-4H3,(H,17,18). The lowest BCUT2D eigenvalue weighted by molar-refractivity contribution is 0.103. The van der Waals surface area contributed by atoms with Crippen molar-refractivity contribution in [1.82, 2.24) is 0 Å². The van der Waals surface area contributed by atoms with Crippen LogP contribution in [0.4, 0.5) is 5.69 Å². The molecule has 0 saturated carbocycles. The van der Waals surface area contributed by atoms with Gasteiger partial charge in [0.25, 0.3) is 5.91 Å². The van der Waals surface area contributed by atoms with Crippen LogP contribution in [0.25, 0.3) is 0 Å². The van der Waals surface area contributed by atoms with Crippen molar-refractivity contribution < 1.29 is 4.79 Å². The number of hydrogen-bond donors (Lipinski definition) is 1. The fraction of sp³-hybridized carbons (Fsp3) is 0.312. The molecule has 100 valence electrons. The van der Waals surface area contributed by atoms with Crippen molar-refractivity contribution in [1.29, 1.82) is 0 Å². The van der Waals surface area contributed by atoms with E-state index in [-0.39, 0.29) is 5.91 Å². The predicted molar refractivity (Wildman–Crippen MR) is 82.3 cm³/mol. The first-order chi connectivity index (χ1) is 8.99. The van der Waals surface area contributed by atoms with Gasteiger partial charge in [0.1, 0.15) is 0 Å². The molecule has 0 atom stereocenters. The first kappa shape index (κ1) is 13.8. The molecule has 0 radical (unpaired) electrons. The Morgan fingerprint density at radius 1 is 1.21 bits per heavy atom. The Morgan fingerprint density at radius 2 is 1.89 bits per heavy atom. The summed E-state index contributed by atoms with van der Waals surface area (Å²) >= 11 is 1.54. The van der Waals surface area contributed by atoms with Crippen LogP contribution in [0.15, 0.2) is 30.3 Å². The first-order valence-electron chi connectivity index (χ1n) is 6.46. The third-order valence-corrected chi connectivity index (χ3v) is 4.37. The summed E-state index contributed by atoms with van der Waals surface area (Å²) in [7, 11) is 0. The van der Waals surface area contributed by atoms with Crippen LogP contribution in [-0.2, 0) is 0 Å². The number of aryl methyl sites for hydroxylation is 2. The fourth-order valence-electron chi connectivity index (χ4n) is 1.98. The highest BCUT2D eigenvalue weighted by molar-refractivity contribution is 7.14. The van der Waals surface area contributed by atoms with Crippen molar-refractivity contribution in [3.05, 3.63) is 51.2 Å². The minimum Gasteiger partial charge on any atom is -0.321 e. The molecule has 1 aromatic carbocycles. The molecule has 2 nitrogen and oxygen atoms in total. The van der Waals surface area contributed by atoms with Crippen LogP contribution in [0.2, 0.25) is 0 Å². The molecular formula is C16H19NOS. The molecule has 2 aromatic rings. The van der Waals surface area contributed by atoms with Crippen molar-refractivity contribution in [3.8, 4) is 0 Å². The summed E-state index contributed by atoms with van der Waals surface area (Å²) in [4.78, 5) is 14.2. The van der Waals surface area contributed by atoms with Crippen molar-refractivity contribution in [2.24, 2.45) is 0 Å². The van der Waals surface area contributed by atoms with Crippen LogP contribution in [0.1, 0.15) is 45.4 Å². The minimum absolute atomic E-state index is 0.0192. The van der Waals surface area contributed by atoms with E-state index in [9.17, 15) is 4.79 Å². The second kappa shape index (κ2) is 5.57. The summed E-state index contributed by atoms with van der Waals surface area (Å²) in [6.07, 6.45) is 0. The van der Waals surface area contributed by atoms with E-state index in [0.717, 1.165) is 10.6 Å². The molecule has 19 heavy (non-hydrogen) atoms. The Kier molecular flexibility index (Phi) is 4.05. The molecule has 3 heteroatoms. The zero-order valence-corrected chi connectivity index (χ0v) is 12.6. The SMILES string of the molecule is Cc1cc(C(=O)Nc2ccccc2C(C)C)sc1C. The van der Waals surface area contributed by atoms with E-state index in [4.69, 9.17) is 0 Å². The monoisotopic (exact) mass is 273 g/mol. The fourth-order valence-corrected chi connectivity index (χ4v) is 2.91. The van der Waals surface area contributed by atoms with Crippen LogP contribution in [0, 0.1) is 13.8 Å². The molecule has 1 aromatic heterocycles. The van der Waals surface area contributed by atoms with Crippen LogP contribution in [-0.4, -0.2) is 5.91 Å². The van der Waals surface area contributed by atoms with Gasteiger partial charge in [-0.2, -0.15) is 0 Å². The van der Waals surface area contributed by atoms with E-state index in [2.05, 4.69) is 25.2 Å². The Balaban J connectivity index is 2.24. The van der Waals surface area contributed by atoms with E-state index in [1.807, 2.05) is 38.1 Å². The molecule has 1 heterocycles. The van der Waals surface area contributed by atoms with Gasteiger partial charge in [0, 0.05) is 10.6 Å². The van der Waals surface area contributed by atoms with Gasteiger partial charge in [-0.3, -0.25) is 4.79 Å². The zero-order valence-electron chi connectivity index (χ0n) is 11.8. The first-order valence-corrected chi connectivity index (χ1v) is 7.28. The molecule has 0 unspecified atom stereocenters. The van der Waals surface area contributed by atoms with Gasteiger partial charge in [-0.25, -0.2) is 0 Å². The van der Waals surface area contributed by atoms with Gasteiger partial charge >= 0.3 is 0 Å². The number of amides is 1. The van der Waals surface area contributed by atoms with Crippen LogP contribution < -0.4 is 5.32 Å². The number of hydrogen-bond acceptors (Lipinski definition) is 2. The Bertz CT molecular complexity index is 579. The highest BCUT2D eigenvalue weighted by Crippen LogP contribution is 2.26. The summed E-state index contributed by atoms with van der Waals surface area (Å²) in [5, 5.41) is 3.02. The largest absolute Gasteiger partial charge is 0.321 e. The third kappa shape index (κ3) is 3.04. The minimum atomic E-state index is -0.0192. The number of para-hydroxylation sites is 1. The van der Waals surface area contributed by atoms with E-state index >= 15 is 0 Å². The second-order valence-electron chi connectivity index (χ2n) is 5.05. The Labute approximate surface area is 118 Å². The van der Waals surface area contributed by atoms with Crippen molar-refractivity contribution in [2.75, 3.05) is 5.32 Å². The van der Waals surface area contributed by atoms with Gasteiger partial charge in [0.15, 0.2) is 0 Å². The molecule has 0 aliphatic rings. The Morgan fingerprint density at radius 3 is 2.47 bits per heavy atom. The molecule has 1 amide bonds. The number of thiophene rings is 1. The highest BCUT2D eigenvalue weighted by Gasteiger charge is 2.13. The number of carbonyl (C=O) groups is 1. The second-order valence-corrected chi connectivity index (χ2v) is 6.30. The van der Waals surface area contributed by atoms with E-state index in [1.54, 1.807) is 11.3 Å². The maximum atomic E-state index is 12.3. The molecular weight excluding hydrogens is 254 g/mol. The average molecular weight is 273 g/mol.